The van der Waals surface area contributed by atoms with Crippen LogP contribution in [0.15, 0.2) is 0 Å². The van der Waals surface area contributed by atoms with E-state index in [1.54, 1.807) is 0 Å². The van der Waals surface area contributed by atoms with Crippen LogP contribution in [0.4, 0.5) is 0 Å². The highest BCUT2D eigenvalue weighted by Gasteiger charge is 2.35. The summed E-state index contributed by atoms with van der Waals surface area (Å²) in [5.74, 6) is 2.99. The van der Waals surface area contributed by atoms with Crippen LogP contribution in [0.25, 0.3) is 0 Å². The van der Waals surface area contributed by atoms with Gasteiger partial charge in [-0.05, 0) is 49.9 Å². The minimum absolute atomic E-state index is 0.0425. The summed E-state index contributed by atoms with van der Waals surface area (Å²) in [5.41, 5.74) is 0.0425. The molecular weight excluding hydrogens is 338 g/mol. The molecule has 2 fully saturated rings. The summed E-state index contributed by atoms with van der Waals surface area (Å²) in [6.45, 7) is 4.57. The van der Waals surface area contributed by atoms with Crippen LogP contribution in [0.3, 0.4) is 0 Å². The summed E-state index contributed by atoms with van der Waals surface area (Å²) >= 11 is 0. The van der Waals surface area contributed by atoms with Crippen LogP contribution in [0.2, 0.25) is 0 Å². The van der Waals surface area contributed by atoms with Gasteiger partial charge >= 0.3 is 0 Å². The Balaban J connectivity index is 1.55. The highest BCUT2D eigenvalue weighted by molar-refractivity contribution is 5.01. The molecule has 0 saturated heterocycles. The van der Waals surface area contributed by atoms with Crippen molar-refractivity contribution in [3.05, 3.63) is 0 Å². The molecule has 0 bridgehead atoms. The molecule has 2 rings (SSSR count). The van der Waals surface area contributed by atoms with Crippen LogP contribution in [-0.4, -0.2) is 0 Å². The predicted molar refractivity (Wildman–Crippen MR) is 122 cm³/mol. The lowest BCUT2D eigenvalue weighted by molar-refractivity contribution is 0.171. The van der Waals surface area contributed by atoms with Gasteiger partial charge in [-0.15, -0.1) is 0 Å². The number of hydrogen-bond acceptors (Lipinski definition) is 1. The third-order valence-corrected chi connectivity index (χ3v) is 8.22. The Bertz CT molecular complexity index is 418. The van der Waals surface area contributed by atoms with Gasteiger partial charge in [0.25, 0.3) is 0 Å². The molecule has 0 heterocycles. The van der Waals surface area contributed by atoms with Crippen LogP contribution in [0, 0.1) is 34.5 Å². The summed E-state index contributed by atoms with van der Waals surface area (Å²) in [4.78, 5) is 0. The molecule has 1 nitrogen and oxygen atoms in total. The van der Waals surface area contributed by atoms with Gasteiger partial charge in [-0.1, -0.05) is 110 Å². The molecule has 0 atom stereocenters. The second kappa shape index (κ2) is 13.7. The Hall–Kier alpha value is -0.510. The van der Waals surface area contributed by atoms with Gasteiger partial charge in [-0.25, -0.2) is 0 Å². The first-order valence-corrected chi connectivity index (χ1v) is 13.1. The summed E-state index contributed by atoms with van der Waals surface area (Å²) in [6, 6.07) is 2.74. The van der Waals surface area contributed by atoms with Crippen LogP contribution in [-0.2, 0) is 0 Å². The number of unbranched alkanes of at least 4 members (excludes halogenated alkanes) is 6. The molecule has 162 valence electrons. The maximum atomic E-state index is 9.74. The highest BCUT2D eigenvalue weighted by atomic mass is 14.4. The Morgan fingerprint density at radius 2 is 1.14 bits per heavy atom. The van der Waals surface area contributed by atoms with Crippen LogP contribution >= 0.6 is 0 Å². The van der Waals surface area contributed by atoms with Gasteiger partial charge in [0.1, 0.15) is 0 Å². The first kappa shape index (κ1) is 23.8. The van der Waals surface area contributed by atoms with Crippen LogP contribution < -0.4 is 0 Å². The van der Waals surface area contributed by atoms with Crippen molar-refractivity contribution in [3.63, 3.8) is 0 Å². The molecule has 0 radical (unpaired) electrons. The Kier molecular flexibility index (Phi) is 11.6. The van der Waals surface area contributed by atoms with Crippen molar-refractivity contribution < 1.29 is 0 Å². The first-order chi connectivity index (χ1) is 13.7. The van der Waals surface area contributed by atoms with Crippen LogP contribution in [0.5, 0.6) is 0 Å². The van der Waals surface area contributed by atoms with Crippen molar-refractivity contribution in [3.8, 4) is 6.07 Å². The van der Waals surface area contributed by atoms with Crippen molar-refractivity contribution in [2.24, 2.45) is 23.2 Å². The van der Waals surface area contributed by atoms with Crippen molar-refractivity contribution in [2.75, 3.05) is 0 Å². The molecule has 0 amide bonds. The number of nitriles is 1. The number of rotatable bonds is 13. The summed E-state index contributed by atoms with van der Waals surface area (Å²) in [7, 11) is 0. The molecular formula is C27H49N. The number of nitrogens with zero attached hydrogens (tertiary/aromatic N) is 1. The zero-order valence-electron chi connectivity index (χ0n) is 19.3. The summed E-state index contributed by atoms with van der Waals surface area (Å²) in [5, 5.41) is 9.74. The lowest BCUT2D eigenvalue weighted by Crippen LogP contribution is -2.26. The summed E-state index contributed by atoms with van der Waals surface area (Å²) in [6.07, 6.45) is 27.7. The molecule has 0 aromatic rings. The van der Waals surface area contributed by atoms with Gasteiger partial charge in [0, 0.05) is 0 Å². The Morgan fingerprint density at radius 1 is 0.643 bits per heavy atom. The van der Waals surface area contributed by atoms with E-state index in [1.807, 2.05) is 0 Å². The largest absolute Gasteiger partial charge is 0.198 e. The van der Waals surface area contributed by atoms with Gasteiger partial charge < -0.3 is 0 Å². The van der Waals surface area contributed by atoms with E-state index in [4.69, 9.17) is 0 Å². The van der Waals surface area contributed by atoms with E-state index in [-0.39, 0.29) is 5.41 Å². The standard InChI is InChI=1S/C27H49N/c1-3-5-7-8-9-11-24-12-14-25(15-13-24)16-17-26-18-21-27(23-28,22-19-26)20-10-6-4-2/h24-26H,3-22H2,1-2H3. The molecule has 0 aliphatic heterocycles. The molecule has 2 saturated carbocycles. The Labute approximate surface area is 177 Å². The van der Waals surface area contributed by atoms with Crippen LogP contribution in [0.1, 0.15) is 142 Å². The maximum absolute atomic E-state index is 9.74. The average Bonchev–Trinajstić information content (AvgIpc) is 2.74. The molecule has 2 aliphatic rings. The van der Waals surface area contributed by atoms with E-state index in [9.17, 15) is 5.26 Å². The predicted octanol–water partition coefficient (Wildman–Crippen LogP) is 9.21. The fourth-order valence-electron chi connectivity index (χ4n) is 5.97. The van der Waals surface area contributed by atoms with Gasteiger partial charge in [0.2, 0.25) is 0 Å². The fourth-order valence-corrected chi connectivity index (χ4v) is 5.97. The van der Waals surface area contributed by atoms with Gasteiger partial charge in [0.05, 0.1) is 11.5 Å². The van der Waals surface area contributed by atoms with Crippen molar-refractivity contribution in [1.82, 2.24) is 0 Å². The lowest BCUT2D eigenvalue weighted by atomic mass is 9.67. The van der Waals surface area contributed by atoms with Crippen molar-refractivity contribution in [1.29, 1.82) is 5.26 Å². The zero-order valence-corrected chi connectivity index (χ0v) is 19.3. The van der Waals surface area contributed by atoms with Crippen molar-refractivity contribution >= 4 is 0 Å². The second-order valence-electron chi connectivity index (χ2n) is 10.5. The third-order valence-electron chi connectivity index (χ3n) is 8.22. The van der Waals surface area contributed by atoms with E-state index in [2.05, 4.69) is 19.9 Å². The Morgan fingerprint density at radius 3 is 1.71 bits per heavy atom. The lowest BCUT2D eigenvalue weighted by Gasteiger charge is -2.36. The second-order valence-corrected chi connectivity index (χ2v) is 10.5. The highest BCUT2D eigenvalue weighted by Crippen LogP contribution is 2.44. The average molecular weight is 388 g/mol. The van der Waals surface area contributed by atoms with E-state index in [0.29, 0.717) is 0 Å². The monoisotopic (exact) mass is 387 g/mol. The molecule has 0 unspecified atom stereocenters. The molecule has 28 heavy (non-hydrogen) atoms. The van der Waals surface area contributed by atoms with E-state index >= 15 is 0 Å². The molecule has 0 spiro atoms. The zero-order chi connectivity index (χ0) is 20.1. The van der Waals surface area contributed by atoms with E-state index in [0.717, 1.165) is 24.2 Å². The molecule has 0 aromatic carbocycles. The quantitative estimate of drug-likeness (QED) is 0.289. The maximum Gasteiger partial charge on any atom is 0.0689 e. The summed E-state index contributed by atoms with van der Waals surface area (Å²) < 4.78 is 0. The minimum Gasteiger partial charge on any atom is -0.198 e. The fraction of sp³-hybridized carbons (Fsp3) is 0.963. The molecule has 2 aliphatic carbocycles. The van der Waals surface area contributed by atoms with Gasteiger partial charge in [-0.2, -0.15) is 5.26 Å². The first-order valence-electron chi connectivity index (χ1n) is 13.1. The minimum atomic E-state index is 0.0425. The molecule has 0 aromatic heterocycles. The molecule has 0 N–H and O–H groups in total. The van der Waals surface area contributed by atoms with Gasteiger partial charge in [-0.3, -0.25) is 0 Å². The topological polar surface area (TPSA) is 23.8 Å². The van der Waals surface area contributed by atoms with Crippen molar-refractivity contribution in [2.45, 2.75) is 142 Å². The van der Waals surface area contributed by atoms with Gasteiger partial charge in [0.15, 0.2) is 0 Å². The molecule has 1 heteroatoms. The number of hydrogen-bond donors (Lipinski definition) is 0. The third kappa shape index (κ3) is 8.47. The van der Waals surface area contributed by atoms with E-state index in [1.165, 1.54) is 122 Å². The normalized spacial score (nSPS) is 30.8. The smallest absolute Gasteiger partial charge is 0.0689 e. The SMILES string of the molecule is CCCCCCCC1CCC(CCC2CCC(C#N)(CCCCC)CC2)CC1. The van der Waals surface area contributed by atoms with E-state index < -0.39 is 0 Å².